The number of nitrogens with zero attached hydrogens (tertiary/aromatic N) is 2. The van der Waals surface area contributed by atoms with E-state index in [1.54, 1.807) is 0 Å². The highest BCUT2D eigenvalue weighted by molar-refractivity contribution is 7.89. The van der Waals surface area contributed by atoms with Crippen molar-refractivity contribution < 1.29 is 18.1 Å². The van der Waals surface area contributed by atoms with Gasteiger partial charge in [-0.25, -0.2) is 8.42 Å². The molecular formula is C27H28N2O5S. The van der Waals surface area contributed by atoms with Gasteiger partial charge in [0.15, 0.2) is 0 Å². The predicted octanol–water partition coefficient (Wildman–Crippen LogP) is 5.28. The van der Waals surface area contributed by atoms with E-state index in [1.165, 1.54) is 28.6 Å². The van der Waals surface area contributed by atoms with Crippen LogP contribution in [0.25, 0.3) is 5.57 Å². The molecule has 1 fully saturated rings. The molecule has 1 aliphatic rings. The van der Waals surface area contributed by atoms with Gasteiger partial charge in [0.1, 0.15) is 0 Å². The normalized spacial score (nSPS) is 18.1. The van der Waals surface area contributed by atoms with Gasteiger partial charge in [-0.1, -0.05) is 66.7 Å². The van der Waals surface area contributed by atoms with Crippen LogP contribution in [0.3, 0.4) is 0 Å². The Kier molecular flexibility index (Phi) is 7.16. The van der Waals surface area contributed by atoms with Gasteiger partial charge in [-0.2, -0.15) is 4.31 Å². The standard InChI is InChI=1S/C27H28N2O5S/c1-27(2)20-34-24(19-28(27)35(32,33)25-16-13-23(14-17-25)29(30)31)15-18-26(21-9-5-3-6-10-21)22-11-7-4-8-12-22/h3-14,16-18,24H,15,19-20H2,1-2H3/t24-/m1/s1. The van der Waals surface area contributed by atoms with Crippen molar-refractivity contribution in [2.45, 2.75) is 36.8 Å². The first kappa shape index (κ1) is 24.8. The van der Waals surface area contributed by atoms with E-state index in [2.05, 4.69) is 30.3 Å². The Balaban J connectivity index is 1.60. The summed E-state index contributed by atoms with van der Waals surface area (Å²) in [4.78, 5) is 10.4. The molecule has 7 nitrogen and oxygen atoms in total. The Morgan fingerprint density at radius 3 is 2.06 bits per heavy atom. The highest BCUT2D eigenvalue weighted by atomic mass is 32.2. The van der Waals surface area contributed by atoms with Crippen LogP contribution in [0.1, 0.15) is 31.4 Å². The van der Waals surface area contributed by atoms with Crippen LogP contribution in [0.4, 0.5) is 5.69 Å². The fourth-order valence-corrected chi connectivity index (χ4v) is 6.00. The molecule has 3 aromatic rings. The Labute approximate surface area is 205 Å². The molecular weight excluding hydrogens is 464 g/mol. The number of benzene rings is 3. The number of morpholine rings is 1. The number of sulfonamides is 1. The number of nitro groups is 1. The average molecular weight is 493 g/mol. The summed E-state index contributed by atoms with van der Waals surface area (Å²) in [5, 5.41) is 11.0. The average Bonchev–Trinajstić information content (AvgIpc) is 2.86. The number of ether oxygens (including phenoxy) is 1. The minimum absolute atomic E-state index is 0.0293. The van der Waals surface area contributed by atoms with Crippen molar-refractivity contribution in [2.24, 2.45) is 0 Å². The molecule has 0 aliphatic carbocycles. The zero-order valence-corrected chi connectivity index (χ0v) is 20.5. The summed E-state index contributed by atoms with van der Waals surface area (Å²) < 4.78 is 34.5. The smallest absolute Gasteiger partial charge is 0.269 e. The second-order valence-electron chi connectivity index (χ2n) is 9.12. The largest absolute Gasteiger partial charge is 0.375 e. The highest BCUT2D eigenvalue weighted by Gasteiger charge is 2.42. The maximum absolute atomic E-state index is 13.5. The van der Waals surface area contributed by atoms with Gasteiger partial charge in [0.25, 0.3) is 5.69 Å². The first-order valence-corrected chi connectivity index (χ1v) is 12.8. The summed E-state index contributed by atoms with van der Waals surface area (Å²) in [5.41, 5.74) is 2.30. The molecule has 0 bridgehead atoms. The van der Waals surface area contributed by atoms with Crippen LogP contribution in [0.15, 0.2) is 95.9 Å². The van der Waals surface area contributed by atoms with Crippen molar-refractivity contribution >= 4 is 21.3 Å². The van der Waals surface area contributed by atoms with Crippen LogP contribution in [-0.4, -0.2) is 42.4 Å². The fourth-order valence-electron chi connectivity index (χ4n) is 4.20. The second kappa shape index (κ2) is 10.1. The molecule has 1 saturated heterocycles. The van der Waals surface area contributed by atoms with Crippen LogP contribution in [-0.2, 0) is 14.8 Å². The van der Waals surface area contributed by atoms with E-state index >= 15 is 0 Å². The van der Waals surface area contributed by atoms with Crippen LogP contribution in [0, 0.1) is 10.1 Å². The number of rotatable bonds is 7. The minimum atomic E-state index is -3.88. The number of nitro benzene ring substituents is 1. The molecule has 1 heterocycles. The zero-order valence-electron chi connectivity index (χ0n) is 19.7. The van der Waals surface area contributed by atoms with Crippen molar-refractivity contribution in [1.82, 2.24) is 4.31 Å². The SMILES string of the molecule is CC1(C)CO[C@H](CC=C(c2ccccc2)c2ccccc2)CN1S(=O)(=O)c1ccc([N+](=O)[O-])cc1. The van der Waals surface area contributed by atoms with E-state index in [-0.39, 0.29) is 29.8 Å². The van der Waals surface area contributed by atoms with Crippen molar-refractivity contribution in [3.8, 4) is 0 Å². The molecule has 8 heteroatoms. The molecule has 0 aromatic heterocycles. The molecule has 0 N–H and O–H groups in total. The molecule has 182 valence electrons. The van der Waals surface area contributed by atoms with Gasteiger partial charge >= 0.3 is 0 Å². The van der Waals surface area contributed by atoms with E-state index in [9.17, 15) is 18.5 Å². The van der Waals surface area contributed by atoms with Gasteiger partial charge in [0.05, 0.1) is 28.1 Å². The number of hydrogen-bond acceptors (Lipinski definition) is 5. The lowest BCUT2D eigenvalue weighted by atomic mass is 9.95. The van der Waals surface area contributed by atoms with Crippen molar-refractivity contribution in [2.75, 3.05) is 13.2 Å². The lowest BCUT2D eigenvalue weighted by molar-refractivity contribution is -0.384. The fraction of sp³-hybridized carbons (Fsp3) is 0.259. The topological polar surface area (TPSA) is 89.8 Å². The Morgan fingerprint density at radius 2 is 1.54 bits per heavy atom. The van der Waals surface area contributed by atoms with E-state index in [4.69, 9.17) is 4.74 Å². The molecule has 4 rings (SSSR count). The van der Waals surface area contributed by atoms with Crippen LogP contribution in [0.2, 0.25) is 0 Å². The van der Waals surface area contributed by atoms with Crippen LogP contribution in [0.5, 0.6) is 0 Å². The summed E-state index contributed by atoms with van der Waals surface area (Å²) in [6.45, 7) is 4.06. The van der Waals surface area contributed by atoms with E-state index < -0.39 is 20.5 Å². The molecule has 0 saturated carbocycles. The molecule has 3 aromatic carbocycles. The van der Waals surface area contributed by atoms with Crippen molar-refractivity contribution in [3.63, 3.8) is 0 Å². The molecule has 0 radical (unpaired) electrons. The first-order valence-electron chi connectivity index (χ1n) is 11.4. The van der Waals surface area contributed by atoms with E-state index in [1.807, 2.05) is 50.2 Å². The Hall–Kier alpha value is -3.33. The lowest BCUT2D eigenvalue weighted by Crippen LogP contribution is -2.58. The highest BCUT2D eigenvalue weighted by Crippen LogP contribution is 2.32. The molecule has 0 amide bonds. The van der Waals surface area contributed by atoms with Gasteiger partial charge in [0, 0.05) is 18.7 Å². The monoisotopic (exact) mass is 492 g/mol. The van der Waals surface area contributed by atoms with Crippen molar-refractivity contribution in [1.29, 1.82) is 0 Å². The van der Waals surface area contributed by atoms with Crippen molar-refractivity contribution in [3.05, 3.63) is 112 Å². The maximum Gasteiger partial charge on any atom is 0.269 e. The van der Waals surface area contributed by atoms with Gasteiger partial charge in [0.2, 0.25) is 10.0 Å². The van der Waals surface area contributed by atoms with Gasteiger partial charge in [-0.15, -0.1) is 0 Å². The summed E-state index contributed by atoms with van der Waals surface area (Å²) in [6, 6.07) is 25.1. The quantitative estimate of drug-likeness (QED) is 0.330. The first-order chi connectivity index (χ1) is 16.7. The third kappa shape index (κ3) is 5.51. The molecule has 1 aliphatic heterocycles. The zero-order chi connectivity index (χ0) is 25.1. The van der Waals surface area contributed by atoms with Crippen LogP contribution < -0.4 is 0 Å². The van der Waals surface area contributed by atoms with E-state index in [0.717, 1.165) is 16.7 Å². The van der Waals surface area contributed by atoms with Crippen LogP contribution >= 0.6 is 0 Å². The Bertz CT molecular complexity index is 1260. The molecule has 35 heavy (non-hydrogen) atoms. The molecule has 0 unspecified atom stereocenters. The summed E-state index contributed by atoms with van der Waals surface area (Å²) >= 11 is 0. The van der Waals surface area contributed by atoms with E-state index in [0.29, 0.717) is 6.42 Å². The predicted molar refractivity (Wildman–Crippen MR) is 135 cm³/mol. The van der Waals surface area contributed by atoms with Gasteiger partial charge in [-0.3, -0.25) is 10.1 Å². The molecule has 0 spiro atoms. The second-order valence-corrected chi connectivity index (χ2v) is 11.0. The van der Waals surface area contributed by atoms with Gasteiger partial charge in [-0.05, 0) is 49.1 Å². The summed E-state index contributed by atoms with van der Waals surface area (Å²) in [6.07, 6.45) is 2.30. The third-order valence-corrected chi connectivity index (χ3v) is 8.20. The number of non-ortho nitro benzene ring substituents is 1. The minimum Gasteiger partial charge on any atom is -0.375 e. The maximum atomic E-state index is 13.5. The summed E-state index contributed by atoms with van der Waals surface area (Å²) in [7, 11) is -3.88. The lowest BCUT2D eigenvalue weighted by Gasteiger charge is -2.44. The van der Waals surface area contributed by atoms with Gasteiger partial charge < -0.3 is 4.74 Å². The molecule has 1 atom stereocenters. The number of hydrogen-bond donors (Lipinski definition) is 0. The third-order valence-electron chi connectivity index (χ3n) is 6.11. The Morgan fingerprint density at radius 1 is 1.00 bits per heavy atom. The summed E-state index contributed by atoms with van der Waals surface area (Å²) in [5.74, 6) is 0.